The predicted molar refractivity (Wildman–Crippen MR) is 71.2 cm³/mol. The third-order valence-corrected chi connectivity index (χ3v) is 4.80. The Balaban J connectivity index is 2.08. The van der Waals surface area contributed by atoms with Crippen molar-refractivity contribution in [2.45, 2.75) is 11.3 Å². The van der Waals surface area contributed by atoms with E-state index in [0.717, 1.165) is 9.85 Å². The average Bonchev–Trinajstić information content (AvgIpc) is 2.92. The summed E-state index contributed by atoms with van der Waals surface area (Å²) < 4.78 is 25.6. The van der Waals surface area contributed by atoms with Gasteiger partial charge in [-0.3, -0.25) is 4.84 Å². The maximum absolute atomic E-state index is 12.3. The largest absolute Gasteiger partial charge is 0.284 e. The molecule has 3 rings (SSSR count). The molecule has 0 saturated carbocycles. The number of rotatable bonds is 2. The first-order valence-corrected chi connectivity index (χ1v) is 7.61. The molecule has 0 amide bonds. The van der Waals surface area contributed by atoms with Gasteiger partial charge < -0.3 is 0 Å². The van der Waals surface area contributed by atoms with Crippen LogP contribution in [0, 0.1) is 0 Å². The maximum Gasteiger partial charge on any atom is 0.265 e. The van der Waals surface area contributed by atoms with Crippen molar-refractivity contribution in [1.29, 1.82) is 0 Å². The smallest absolute Gasteiger partial charge is 0.265 e. The molecular formula is C12H11ClN2O3S. The Bertz CT molecular complexity index is 727. The Morgan fingerprint density at radius 1 is 1.26 bits per heavy atom. The van der Waals surface area contributed by atoms with Gasteiger partial charge in [0.25, 0.3) is 10.0 Å². The van der Waals surface area contributed by atoms with Crippen molar-refractivity contribution in [1.82, 2.24) is 9.45 Å². The van der Waals surface area contributed by atoms with Gasteiger partial charge in [0.1, 0.15) is 5.15 Å². The highest BCUT2D eigenvalue weighted by atomic mass is 35.5. The van der Waals surface area contributed by atoms with E-state index in [1.165, 1.54) is 6.07 Å². The second-order valence-electron chi connectivity index (χ2n) is 4.21. The van der Waals surface area contributed by atoms with E-state index in [-0.39, 0.29) is 4.90 Å². The molecule has 1 fully saturated rings. The summed E-state index contributed by atoms with van der Waals surface area (Å²) in [7, 11) is -3.59. The lowest BCUT2D eigenvalue weighted by molar-refractivity contribution is -0.0284. The first-order chi connectivity index (χ1) is 9.07. The van der Waals surface area contributed by atoms with Crippen molar-refractivity contribution in [3.8, 4) is 0 Å². The summed E-state index contributed by atoms with van der Waals surface area (Å²) in [6, 6.07) is 8.11. The van der Waals surface area contributed by atoms with Crippen molar-refractivity contribution in [2.75, 3.05) is 13.2 Å². The molecule has 2 aromatic rings. The van der Waals surface area contributed by atoms with E-state index in [9.17, 15) is 8.42 Å². The predicted octanol–water partition coefficient (Wildman–Crippen LogP) is 2.21. The Kier molecular flexibility index (Phi) is 3.18. The van der Waals surface area contributed by atoms with E-state index in [4.69, 9.17) is 16.4 Å². The minimum absolute atomic E-state index is 0.200. The van der Waals surface area contributed by atoms with Gasteiger partial charge in [0, 0.05) is 11.9 Å². The van der Waals surface area contributed by atoms with Gasteiger partial charge in [-0.1, -0.05) is 16.1 Å². The van der Waals surface area contributed by atoms with Gasteiger partial charge in [-0.2, -0.15) is 0 Å². The Labute approximate surface area is 115 Å². The van der Waals surface area contributed by atoms with Crippen LogP contribution in [0.5, 0.6) is 0 Å². The van der Waals surface area contributed by atoms with Crippen molar-refractivity contribution in [2.24, 2.45) is 0 Å². The topological polar surface area (TPSA) is 59.5 Å². The molecule has 1 aliphatic heterocycles. The Morgan fingerprint density at radius 2 is 2.11 bits per heavy atom. The Morgan fingerprint density at radius 3 is 2.84 bits per heavy atom. The molecule has 0 aliphatic carbocycles. The summed E-state index contributed by atoms with van der Waals surface area (Å²) in [5.74, 6) is 0. The molecule has 0 atom stereocenters. The molecule has 7 heteroatoms. The van der Waals surface area contributed by atoms with Gasteiger partial charge >= 0.3 is 0 Å². The molecule has 0 N–H and O–H groups in total. The molecule has 0 bridgehead atoms. The van der Waals surface area contributed by atoms with E-state index in [0.29, 0.717) is 30.2 Å². The van der Waals surface area contributed by atoms with Crippen LogP contribution in [-0.2, 0) is 14.9 Å². The molecule has 0 unspecified atom stereocenters. The lowest BCUT2D eigenvalue weighted by Gasteiger charge is -2.14. The lowest BCUT2D eigenvalue weighted by atomic mass is 10.2. The van der Waals surface area contributed by atoms with Gasteiger partial charge in [0.05, 0.1) is 17.0 Å². The summed E-state index contributed by atoms with van der Waals surface area (Å²) in [5.41, 5.74) is 0.661. The monoisotopic (exact) mass is 298 g/mol. The first-order valence-electron chi connectivity index (χ1n) is 5.79. The number of fused-ring (bicyclic) bond motifs is 1. The van der Waals surface area contributed by atoms with Crippen LogP contribution in [0.4, 0.5) is 0 Å². The molecule has 19 heavy (non-hydrogen) atoms. The number of benzene rings is 1. The molecule has 1 saturated heterocycles. The summed E-state index contributed by atoms with van der Waals surface area (Å²) in [6.45, 7) is 0.823. The standard InChI is InChI=1S/C12H11ClN2O3S/c13-12-5-2-9-8-10(3-4-11(9)14-12)19(16,17)15-6-1-7-18-15/h2-5,8H,1,6-7H2. The molecule has 0 spiro atoms. The zero-order valence-corrected chi connectivity index (χ0v) is 11.5. The number of nitrogens with zero attached hydrogens (tertiary/aromatic N) is 2. The fourth-order valence-electron chi connectivity index (χ4n) is 1.97. The van der Waals surface area contributed by atoms with Crippen LogP contribution >= 0.6 is 11.6 Å². The zero-order chi connectivity index (χ0) is 13.5. The van der Waals surface area contributed by atoms with Crippen LogP contribution in [-0.4, -0.2) is 31.0 Å². The molecule has 0 radical (unpaired) electrons. The van der Waals surface area contributed by atoms with Crippen molar-refractivity contribution < 1.29 is 13.3 Å². The molecule has 100 valence electrons. The number of hydrogen-bond donors (Lipinski definition) is 0. The summed E-state index contributed by atoms with van der Waals surface area (Å²) in [4.78, 5) is 9.43. The number of halogens is 1. The third-order valence-electron chi connectivity index (χ3n) is 2.91. The van der Waals surface area contributed by atoms with Crippen molar-refractivity contribution >= 4 is 32.5 Å². The van der Waals surface area contributed by atoms with Crippen LogP contribution < -0.4 is 0 Å². The molecule has 1 aromatic heterocycles. The van der Waals surface area contributed by atoms with Crippen LogP contribution in [0.2, 0.25) is 5.15 Å². The molecule has 5 nitrogen and oxygen atoms in total. The molecular weight excluding hydrogens is 288 g/mol. The maximum atomic E-state index is 12.3. The number of hydroxylamine groups is 1. The van der Waals surface area contributed by atoms with Gasteiger partial charge in [0.2, 0.25) is 0 Å². The summed E-state index contributed by atoms with van der Waals surface area (Å²) >= 11 is 5.79. The fraction of sp³-hybridized carbons (Fsp3) is 0.250. The second-order valence-corrected chi connectivity index (χ2v) is 6.42. The van der Waals surface area contributed by atoms with Crippen LogP contribution in [0.3, 0.4) is 0 Å². The lowest BCUT2D eigenvalue weighted by Crippen LogP contribution is -2.26. The number of sulfonamides is 1. The number of aromatic nitrogens is 1. The molecule has 2 heterocycles. The highest BCUT2D eigenvalue weighted by Gasteiger charge is 2.28. The van der Waals surface area contributed by atoms with Gasteiger partial charge in [-0.15, -0.1) is 0 Å². The highest BCUT2D eigenvalue weighted by Crippen LogP contribution is 2.24. The quantitative estimate of drug-likeness (QED) is 0.798. The number of pyridine rings is 1. The van der Waals surface area contributed by atoms with Gasteiger partial charge in [0.15, 0.2) is 0 Å². The number of hydrogen-bond acceptors (Lipinski definition) is 4. The van der Waals surface area contributed by atoms with Crippen LogP contribution in [0.25, 0.3) is 10.9 Å². The van der Waals surface area contributed by atoms with E-state index >= 15 is 0 Å². The SMILES string of the molecule is O=S(=O)(c1ccc2nc(Cl)ccc2c1)N1CCCO1. The minimum atomic E-state index is -3.59. The normalized spacial score (nSPS) is 17.1. The Hall–Kier alpha value is -1.21. The highest BCUT2D eigenvalue weighted by molar-refractivity contribution is 7.89. The molecule has 1 aromatic carbocycles. The van der Waals surface area contributed by atoms with Crippen molar-refractivity contribution in [3.63, 3.8) is 0 Å². The van der Waals surface area contributed by atoms with Crippen molar-refractivity contribution in [3.05, 3.63) is 35.5 Å². The van der Waals surface area contributed by atoms with Gasteiger partial charge in [-0.05, 0) is 36.8 Å². The minimum Gasteiger partial charge on any atom is -0.284 e. The van der Waals surface area contributed by atoms with E-state index in [2.05, 4.69) is 4.98 Å². The van der Waals surface area contributed by atoms with Crippen LogP contribution in [0.15, 0.2) is 35.2 Å². The first kappa shape index (κ1) is 12.8. The van der Waals surface area contributed by atoms with Crippen LogP contribution in [0.1, 0.15) is 6.42 Å². The van der Waals surface area contributed by atoms with E-state index in [1.54, 1.807) is 24.3 Å². The van der Waals surface area contributed by atoms with E-state index in [1.807, 2.05) is 0 Å². The summed E-state index contributed by atoms with van der Waals surface area (Å²) in [5, 5.41) is 1.11. The molecule has 1 aliphatic rings. The zero-order valence-electron chi connectivity index (χ0n) is 9.91. The van der Waals surface area contributed by atoms with Gasteiger partial charge in [-0.25, -0.2) is 13.4 Å². The summed E-state index contributed by atoms with van der Waals surface area (Å²) in [6.07, 6.45) is 0.712. The fourth-order valence-corrected chi connectivity index (χ4v) is 3.46. The van der Waals surface area contributed by atoms with E-state index < -0.39 is 10.0 Å². The average molecular weight is 299 g/mol. The second kappa shape index (κ2) is 4.72. The third kappa shape index (κ3) is 2.32.